The second-order valence-electron chi connectivity index (χ2n) is 9.18. The van der Waals surface area contributed by atoms with Crippen LogP contribution in [-0.2, 0) is 11.2 Å². The van der Waals surface area contributed by atoms with Crippen molar-refractivity contribution in [3.63, 3.8) is 0 Å². The molecule has 0 spiro atoms. The van der Waals surface area contributed by atoms with Gasteiger partial charge in [-0.2, -0.15) is 0 Å². The normalized spacial score (nSPS) is 21.4. The number of nitrogens with two attached hydrogens (primary N) is 1. The van der Waals surface area contributed by atoms with Crippen molar-refractivity contribution in [1.82, 2.24) is 5.32 Å². The summed E-state index contributed by atoms with van der Waals surface area (Å²) < 4.78 is 0.510. The lowest BCUT2D eigenvalue weighted by molar-refractivity contribution is -0.115. The zero-order valence-electron chi connectivity index (χ0n) is 19.5. The smallest absolute Gasteiger partial charge is 0.263 e. The molecule has 6 heteroatoms. The lowest BCUT2D eigenvalue weighted by Gasteiger charge is -2.40. The Bertz CT molecular complexity index is 1240. The first-order valence-electron chi connectivity index (χ1n) is 12.1. The molecule has 5 rings (SSSR count). The SMILES string of the molecule is NC1CCN(c2cccc(-c3ccc(/C=C4\SC(=S)NC4=O)cc3)c2)C(CCc2ccccc2)C1. The largest absolute Gasteiger partial charge is 0.368 e. The van der Waals surface area contributed by atoms with Crippen LogP contribution in [0.5, 0.6) is 0 Å². The van der Waals surface area contributed by atoms with Gasteiger partial charge in [0.25, 0.3) is 5.91 Å². The van der Waals surface area contributed by atoms with E-state index in [0.29, 0.717) is 15.3 Å². The molecule has 4 nitrogen and oxygen atoms in total. The van der Waals surface area contributed by atoms with Gasteiger partial charge in [0.1, 0.15) is 4.32 Å². The number of hydrogen-bond donors (Lipinski definition) is 2. The van der Waals surface area contributed by atoms with Gasteiger partial charge in [-0.15, -0.1) is 0 Å². The van der Waals surface area contributed by atoms with Crippen molar-refractivity contribution in [1.29, 1.82) is 0 Å². The highest BCUT2D eigenvalue weighted by molar-refractivity contribution is 8.26. The topological polar surface area (TPSA) is 58.4 Å². The third-order valence-corrected chi connectivity index (χ3v) is 7.89. The molecule has 2 atom stereocenters. The Morgan fingerprint density at radius 3 is 2.57 bits per heavy atom. The van der Waals surface area contributed by atoms with E-state index >= 15 is 0 Å². The van der Waals surface area contributed by atoms with Crippen LogP contribution in [0.3, 0.4) is 0 Å². The lowest BCUT2D eigenvalue weighted by Crippen LogP contribution is -2.47. The average Bonchev–Trinajstić information content (AvgIpc) is 3.20. The third-order valence-electron chi connectivity index (χ3n) is 6.73. The maximum absolute atomic E-state index is 11.9. The predicted molar refractivity (Wildman–Crippen MR) is 151 cm³/mol. The van der Waals surface area contributed by atoms with Gasteiger partial charge in [0, 0.05) is 24.3 Å². The number of thiocarbonyl (C=S) groups is 1. The summed E-state index contributed by atoms with van der Waals surface area (Å²) in [6.07, 6.45) is 6.08. The number of aryl methyl sites for hydroxylation is 1. The zero-order valence-corrected chi connectivity index (χ0v) is 21.2. The number of carbonyl (C=O) groups is 1. The monoisotopic (exact) mass is 499 g/mol. The Morgan fingerprint density at radius 1 is 1.03 bits per heavy atom. The highest BCUT2D eigenvalue weighted by Gasteiger charge is 2.27. The number of thioether (sulfide) groups is 1. The fourth-order valence-corrected chi connectivity index (χ4v) is 5.93. The Balaban J connectivity index is 1.33. The van der Waals surface area contributed by atoms with Crippen molar-refractivity contribution in [3.05, 3.63) is 94.9 Å². The van der Waals surface area contributed by atoms with Gasteiger partial charge in [-0.3, -0.25) is 4.79 Å². The molecule has 2 unspecified atom stereocenters. The van der Waals surface area contributed by atoms with E-state index in [1.165, 1.54) is 28.6 Å². The van der Waals surface area contributed by atoms with E-state index in [1.54, 1.807) is 0 Å². The van der Waals surface area contributed by atoms with Gasteiger partial charge in [0.15, 0.2) is 0 Å². The molecule has 0 radical (unpaired) electrons. The Labute approximate surface area is 216 Å². The summed E-state index contributed by atoms with van der Waals surface area (Å²) >= 11 is 6.38. The number of anilines is 1. The molecule has 0 saturated carbocycles. The second-order valence-corrected chi connectivity index (χ2v) is 10.9. The van der Waals surface area contributed by atoms with Gasteiger partial charge < -0.3 is 16.0 Å². The number of rotatable bonds is 6. The molecule has 0 aliphatic carbocycles. The summed E-state index contributed by atoms with van der Waals surface area (Å²) in [4.78, 5) is 15.1. The molecular weight excluding hydrogens is 470 g/mol. The third kappa shape index (κ3) is 5.84. The number of amides is 1. The molecule has 1 amide bonds. The quantitative estimate of drug-likeness (QED) is 0.333. The summed E-state index contributed by atoms with van der Waals surface area (Å²) in [5, 5.41) is 2.66. The molecule has 35 heavy (non-hydrogen) atoms. The van der Waals surface area contributed by atoms with Crippen molar-refractivity contribution in [3.8, 4) is 11.1 Å². The summed E-state index contributed by atoms with van der Waals surface area (Å²) in [6, 6.07) is 28.5. The summed E-state index contributed by atoms with van der Waals surface area (Å²) in [6.45, 7) is 0.984. The van der Waals surface area contributed by atoms with Crippen LogP contribution in [0, 0.1) is 0 Å². The molecule has 3 aromatic carbocycles. The summed E-state index contributed by atoms with van der Waals surface area (Å²) in [5.41, 5.74) is 12.3. The van der Waals surface area contributed by atoms with E-state index in [-0.39, 0.29) is 11.9 Å². The maximum atomic E-state index is 11.9. The highest BCUT2D eigenvalue weighted by atomic mass is 32.2. The Morgan fingerprint density at radius 2 is 1.83 bits per heavy atom. The van der Waals surface area contributed by atoms with Crippen LogP contribution < -0.4 is 16.0 Å². The minimum atomic E-state index is -0.125. The van der Waals surface area contributed by atoms with Crippen LogP contribution in [0.15, 0.2) is 83.8 Å². The van der Waals surface area contributed by atoms with Crippen LogP contribution in [0.2, 0.25) is 0 Å². The summed E-state index contributed by atoms with van der Waals surface area (Å²) in [5.74, 6) is -0.125. The van der Waals surface area contributed by atoms with Crippen molar-refractivity contribution in [2.24, 2.45) is 5.73 Å². The van der Waals surface area contributed by atoms with Gasteiger partial charge >= 0.3 is 0 Å². The van der Waals surface area contributed by atoms with Crippen LogP contribution in [-0.4, -0.2) is 28.9 Å². The van der Waals surface area contributed by atoms with Crippen molar-refractivity contribution >= 4 is 46.0 Å². The molecule has 2 fully saturated rings. The minimum Gasteiger partial charge on any atom is -0.368 e. The predicted octanol–water partition coefficient (Wildman–Crippen LogP) is 5.77. The summed E-state index contributed by atoms with van der Waals surface area (Å²) in [7, 11) is 0. The van der Waals surface area contributed by atoms with Gasteiger partial charge in [-0.1, -0.05) is 90.7 Å². The Hall–Kier alpha value is -2.93. The first-order chi connectivity index (χ1) is 17.0. The molecular formula is C29H29N3OS2. The number of benzene rings is 3. The van der Waals surface area contributed by atoms with Crippen molar-refractivity contribution in [2.75, 3.05) is 11.4 Å². The highest BCUT2D eigenvalue weighted by Crippen LogP contribution is 2.32. The first kappa shape index (κ1) is 23.8. The van der Waals surface area contributed by atoms with E-state index in [4.69, 9.17) is 18.0 Å². The van der Waals surface area contributed by atoms with E-state index in [9.17, 15) is 4.79 Å². The van der Waals surface area contributed by atoms with Gasteiger partial charge in [0.05, 0.1) is 4.91 Å². The van der Waals surface area contributed by atoms with Crippen LogP contribution in [0.4, 0.5) is 5.69 Å². The molecule has 0 aromatic heterocycles. The number of nitrogens with one attached hydrogen (secondary N) is 1. The fourth-order valence-electron chi connectivity index (χ4n) is 4.88. The maximum Gasteiger partial charge on any atom is 0.263 e. The number of nitrogens with zero attached hydrogens (tertiary/aromatic N) is 1. The first-order valence-corrected chi connectivity index (χ1v) is 13.3. The number of carbonyl (C=O) groups excluding carboxylic acids is 1. The fraction of sp³-hybridized carbons (Fsp3) is 0.241. The van der Waals surface area contributed by atoms with Crippen LogP contribution in [0.25, 0.3) is 17.2 Å². The molecule has 0 bridgehead atoms. The molecule has 2 heterocycles. The van der Waals surface area contributed by atoms with Crippen molar-refractivity contribution in [2.45, 2.75) is 37.8 Å². The molecule has 2 aliphatic heterocycles. The van der Waals surface area contributed by atoms with E-state index in [1.807, 2.05) is 18.2 Å². The molecule has 2 aliphatic rings. The van der Waals surface area contributed by atoms with Crippen LogP contribution >= 0.6 is 24.0 Å². The van der Waals surface area contributed by atoms with Crippen molar-refractivity contribution < 1.29 is 4.79 Å². The van der Waals surface area contributed by atoms with E-state index < -0.39 is 0 Å². The van der Waals surface area contributed by atoms with E-state index in [0.717, 1.165) is 43.4 Å². The van der Waals surface area contributed by atoms with E-state index in [2.05, 4.69) is 76.9 Å². The molecule has 3 aromatic rings. The van der Waals surface area contributed by atoms with Gasteiger partial charge in [0.2, 0.25) is 0 Å². The van der Waals surface area contributed by atoms with Crippen LogP contribution in [0.1, 0.15) is 30.4 Å². The second kappa shape index (κ2) is 10.8. The molecule has 2 saturated heterocycles. The minimum absolute atomic E-state index is 0.125. The average molecular weight is 500 g/mol. The molecule has 3 N–H and O–H groups in total. The van der Waals surface area contributed by atoms with Gasteiger partial charge in [-0.25, -0.2) is 0 Å². The number of hydrogen-bond acceptors (Lipinski definition) is 5. The Kier molecular flexibility index (Phi) is 7.32. The zero-order chi connectivity index (χ0) is 24.2. The number of piperidine rings is 1. The standard InChI is InChI=1S/C29H29N3OS2/c30-24-15-16-32(26(19-24)14-11-20-5-2-1-3-6-20)25-8-4-7-23(18-25)22-12-9-21(10-13-22)17-27-28(33)31-29(34)35-27/h1-10,12-13,17-18,24,26H,11,14-16,19,30H2,(H,31,33,34)/b27-17-. The lowest BCUT2D eigenvalue weighted by atomic mass is 9.92. The molecule has 178 valence electrons. The van der Waals surface area contributed by atoms with Gasteiger partial charge in [-0.05, 0) is 66.1 Å².